The molecule has 0 aromatic carbocycles. The van der Waals surface area contributed by atoms with Gasteiger partial charge in [-0.2, -0.15) is 4.37 Å². The molecule has 0 radical (unpaired) electrons. The van der Waals surface area contributed by atoms with Crippen LogP contribution in [0.15, 0.2) is 5.16 Å². The fraction of sp³-hybridized carbons (Fsp3) is 0.750. The van der Waals surface area contributed by atoms with E-state index >= 15 is 0 Å². The summed E-state index contributed by atoms with van der Waals surface area (Å²) in [4.78, 5) is 2.09. The van der Waals surface area contributed by atoms with Crippen molar-refractivity contribution in [1.29, 1.82) is 0 Å². The van der Waals surface area contributed by atoms with Gasteiger partial charge in [0.1, 0.15) is 12.3 Å². The van der Waals surface area contributed by atoms with E-state index in [1.807, 2.05) is 13.8 Å². The van der Waals surface area contributed by atoms with Gasteiger partial charge in [-0.25, -0.2) is 0 Å². The van der Waals surface area contributed by atoms with E-state index < -0.39 is 0 Å². The number of nitrogens with one attached hydrogen (secondary N) is 1. The van der Waals surface area contributed by atoms with Crippen LogP contribution in [0.3, 0.4) is 0 Å². The van der Waals surface area contributed by atoms with Crippen LogP contribution in [0.5, 0.6) is 5.88 Å². The average molecular weight is 315 g/mol. The highest BCUT2D eigenvalue weighted by Crippen LogP contribution is 2.26. The number of aromatic nitrogens is 2. The highest BCUT2D eigenvalue weighted by atomic mass is 32.1. The van der Waals surface area contributed by atoms with Gasteiger partial charge in [-0.1, -0.05) is 19.0 Å². The van der Waals surface area contributed by atoms with Crippen molar-refractivity contribution < 1.29 is 14.7 Å². The molecule has 0 spiro atoms. The topological polar surface area (TPSA) is 92.1 Å². The lowest BCUT2D eigenvalue weighted by atomic mass is 10.3. The molecule has 21 heavy (non-hydrogen) atoms. The summed E-state index contributed by atoms with van der Waals surface area (Å²) >= 11 is 1.11. The molecule has 1 aromatic heterocycles. The van der Waals surface area contributed by atoms with Crippen LogP contribution in [0.2, 0.25) is 0 Å². The Balaban J connectivity index is 1.89. The van der Waals surface area contributed by atoms with E-state index in [-0.39, 0.29) is 6.61 Å². The number of morpholine rings is 1. The molecule has 0 unspecified atom stereocenters. The molecule has 2 N–H and O–H groups in total. The Labute approximate surface area is 128 Å². The lowest BCUT2D eigenvalue weighted by Gasteiger charge is -2.26. The molecule has 8 nitrogen and oxygen atoms in total. The van der Waals surface area contributed by atoms with Gasteiger partial charge in [0, 0.05) is 25.7 Å². The number of nitrogens with zero attached hydrogens (tertiary/aromatic N) is 4. The van der Waals surface area contributed by atoms with E-state index in [1.165, 1.54) is 0 Å². The van der Waals surface area contributed by atoms with Gasteiger partial charge in [-0.3, -0.25) is 0 Å². The van der Waals surface area contributed by atoms with Crippen molar-refractivity contribution in [3.8, 4) is 5.88 Å². The van der Waals surface area contributed by atoms with Crippen LogP contribution in [-0.2, 0) is 4.74 Å². The summed E-state index contributed by atoms with van der Waals surface area (Å²) in [5.41, 5.74) is 0.518. The minimum Gasteiger partial charge on any atom is -0.468 e. The average Bonchev–Trinajstić information content (AvgIpc) is 2.96. The quantitative estimate of drug-likeness (QED) is 0.432. The summed E-state index contributed by atoms with van der Waals surface area (Å²) in [7, 11) is 0. The predicted octanol–water partition coefficient (Wildman–Crippen LogP) is 0.582. The van der Waals surface area contributed by atoms with Crippen LogP contribution in [0.4, 0.5) is 5.82 Å². The molecule has 0 saturated carbocycles. The van der Waals surface area contributed by atoms with Crippen molar-refractivity contribution in [2.24, 2.45) is 5.16 Å². The van der Waals surface area contributed by atoms with Crippen LogP contribution < -0.4 is 15.0 Å². The molecule has 1 aliphatic heterocycles. The summed E-state index contributed by atoms with van der Waals surface area (Å²) in [6, 6.07) is 0.312. The highest BCUT2D eigenvalue weighted by molar-refractivity contribution is 6.99. The third-order valence-electron chi connectivity index (χ3n) is 2.98. The fourth-order valence-electron chi connectivity index (χ4n) is 1.82. The molecular weight excluding hydrogens is 294 g/mol. The van der Waals surface area contributed by atoms with Crippen molar-refractivity contribution in [2.45, 2.75) is 19.9 Å². The van der Waals surface area contributed by atoms with Gasteiger partial charge in [-0.15, -0.1) is 4.37 Å². The predicted molar refractivity (Wildman–Crippen MR) is 80.8 cm³/mol. The zero-order chi connectivity index (χ0) is 15.1. The Morgan fingerprint density at radius 1 is 1.48 bits per heavy atom. The SMILES string of the molecule is CC(C)NC/C(COc1nsnc1N1CCOCC1)=N/O. The summed E-state index contributed by atoms with van der Waals surface area (Å²) in [6.07, 6.45) is 0. The monoisotopic (exact) mass is 315 g/mol. The summed E-state index contributed by atoms with van der Waals surface area (Å²) in [5.74, 6) is 1.21. The first-order valence-electron chi connectivity index (χ1n) is 6.92. The second-order valence-corrected chi connectivity index (χ2v) is 5.51. The fourth-order valence-corrected chi connectivity index (χ4v) is 2.34. The Kier molecular flexibility index (Phi) is 6.15. The first kappa shape index (κ1) is 15.9. The molecule has 9 heteroatoms. The third-order valence-corrected chi connectivity index (χ3v) is 3.49. The van der Waals surface area contributed by atoms with Crippen LogP contribution in [-0.4, -0.2) is 65.2 Å². The summed E-state index contributed by atoms with van der Waals surface area (Å²) < 4.78 is 19.4. The highest BCUT2D eigenvalue weighted by Gasteiger charge is 2.20. The standard InChI is InChI=1S/C12H21N5O3S/c1-9(2)13-7-10(14-18)8-20-12-11(15-21-16-12)17-3-5-19-6-4-17/h9,13,18H,3-8H2,1-2H3/b14-10-. The Morgan fingerprint density at radius 2 is 2.24 bits per heavy atom. The zero-order valence-corrected chi connectivity index (χ0v) is 13.1. The van der Waals surface area contributed by atoms with Crippen LogP contribution in [0.25, 0.3) is 0 Å². The zero-order valence-electron chi connectivity index (χ0n) is 12.3. The molecule has 2 heterocycles. The molecular formula is C12H21N5O3S. The minimum absolute atomic E-state index is 0.180. The molecule has 1 saturated heterocycles. The van der Waals surface area contributed by atoms with Gasteiger partial charge >= 0.3 is 0 Å². The van der Waals surface area contributed by atoms with E-state index in [1.54, 1.807) is 0 Å². The van der Waals surface area contributed by atoms with E-state index in [9.17, 15) is 0 Å². The Bertz CT molecular complexity index is 460. The second-order valence-electron chi connectivity index (χ2n) is 4.98. The van der Waals surface area contributed by atoms with Crippen molar-refractivity contribution in [2.75, 3.05) is 44.4 Å². The van der Waals surface area contributed by atoms with Gasteiger partial charge in [0.05, 0.1) is 24.9 Å². The number of rotatable bonds is 7. The molecule has 1 fully saturated rings. The smallest absolute Gasteiger partial charge is 0.271 e. The minimum atomic E-state index is 0.180. The largest absolute Gasteiger partial charge is 0.468 e. The van der Waals surface area contributed by atoms with E-state index in [2.05, 4.69) is 24.1 Å². The first-order chi connectivity index (χ1) is 10.2. The second kappa shape index (κ2) is 8.11. The number of anilines is 1. The van der Waals surface area contributed by atoms with Crippen LogP contribution in [0, 0.1) is 0 Å². The molecule has 1 aromatic rings. The van der Waals surface area contributed by atoms with Gasteiger partial charge in [0.25, 0.3) is 5.88 Å². The molecule has 2 rings (SSSR count). The van der Waals surface area contributed by atoms with Crippen LogP contribution in [0.1, 0.15) is 13.8 Å². The van der Waals surface area contributed by atoms with Crippen molar-refractivity contribution >= 4 is 23.3 Å². The van der Waals surface area contributed by atoms with Gasteiger partial charge in [-0.05, 0) is 0 Å². The number of hydrogen-bond donors (Lipinski definition) is 2. The molecule has 118 valence electrons. The number of oxime groups is 1. The van der Waals surface area contributed by atoms with E-state index in [4.69, 9.17) is 14.7 Å². The lowest BCUT2D eigenvalue weighted by Crippen LogP contribution is -2.37. The van der Waals surface area contributed by atoms with Crippen molar-refractivity contribution in [1.82, 2.24) is 14.1 Å². The first-order valence-corrected chi connectivity index (χ1v) is 7.65. The van der Waals surface area contributed by atoms with E-state index in [0.717, 1.165) is 30.6 Å². The number of ether oxygens (including phenoxy) is 2. The normalized spacial score (nSPS) is 16.5. The maximum absolute atomic E-state index is 8.99. The van der Waals surface area contributed by atoms with Gasteiger partial charge in [0.15, 0.2) is 0 Å². The maximum atomic E-state index is 8.99. The molecule has 0 atom stereocenters. The lowest BCUT2D eigenvalue weighted by molar-refractivity contribution is 0.122. The molecule has 0 amide bonds. The molecule has 0 aliphatic carbocycles. The summed E-state index contributed by atoms with van der Waals surface area (Å²) in [5, 5.41) is 15.4. The van der Waals surface area contributed by atoms with Crippen molar-refractivity contribution in [3.63, 3.8) is 0 Å². The Morgan fingerprint density at radius 3 is 2.90 bits per heavy atom. The van der Waals surface area contributed by atoms with Crippen molar-refractivity contribution in [3.05, 3.63) is 0 Å². The molecule has 0 bridgehead atoms. The maximum Gasteiger partial charge on any atom is 0.271 e. The van der Waals surface area contributed by atoms with E-state index in [0.29, 0.717) is 37.4 Å². The number of hydrogen-bond acceptors (Lipinski definition) is 9. The Hall–Kier alpha value is -1.45. The van der Waals surface area contributed by atoms with Crippen LogP contribution >= 0.6 is 11.7 Å². The molecule has 1 aliphatic rings. The third kappa shape index (κ3) is 4.80. The van der Waals surface area contributed by atoms with Gasteiger partial charge in [0.2, 0.25) is 5.82 Å². The van der Waals surface area contributed by atoms with Gasteiger partial charge < -0.3 is 24.9 Å². The summed E-state index contributed by atoms with van der Waals surface area (Å²) in [6.45, 7) is 7.61.